The molecule has 2 aliphatic rings. The monoisotopic (exact) mass is 476 g/mol. The maximum absolute atomic E-state index is 13.3. The molecule has 7 nitrogen and oxygen atoms in total. The molecule has 0 fully saturated rings. The Hall–Kier alpha value is -3.65. The van der Waals surface area contributed by atoms with Gasteiger partial charge in [0.15, 0.2) is 0 Å². The number of carbonyl (C=O) groups excluding carboxylic acids is 1. The molecule has 8 heteroatoms. The minimum Gasteiger partial charge on any atom is -0.489 e. The lowest BCUT2D eigenvalue weighted by Gasteiger charge is -2.25. The van der Waals surface area contributed by atoms with Crippen LogP contribution in [-0.2, 0) is 32.6 Å². The van der Waals surface area contributed by atoms with Gasteiger partial charge in [-0.2, -0.15) is 0 Å². The van der Waals surface area contributed by atoms with E-state index in [9.17, 15) is 13.2 Å². The van der Waals surface area contributed by atoms with Gasteiger partial charge in [0.05, 0.1) is 30.2 Å². The van der Waals surface area contributed by atoms with Gasteiger partial charge < -0.3 is 9.47 Å². The van der Waals surface area contributed by atoms with Crippen molar-refractivity contribution in [1.82, 2.24) is 4.98 Å². The second-order valence-electron chi connectivity index (χ2n) is 8.19. The van der Waals surface area contributed by atoms with Gasteiger partial charge in [0.1, 0.15) is 12.4 Å². The van der Waals surface area contributed by atoms with Crippen molar-refractivity contribution < 1.29 is 22.7 Å². The third-order valence-corrected chi connectivity index (χ3v) is 8.08. The van der Waals surface area contributed by atoms with Gasteiger partial charge in [0.2, 0.25) is 0 Å². The molecule has 0 bridgehead atoms. The maximum atomic E-state index is 13.3. The lowest BCUT2D eigenvalue weighted by atomic mass is 9.99. The summed E-state index contributed by atoms with van der Waals surface area (Å²) in [6.45, 7) is 0.382. The molecule has 174 valence electrons. The number of hydrogen-bond acceptors (Lipinski definition) is 6. The number of carbonyl (C=O) groups is 1. The van der Waals surface area contributed by atoms with Crippen molar-refractivity contribution in [3.05, 3.63) is 89.3 Å². The number of hydrogen-bond donors (Lipinski definition) is 0. The summed E-state index contributed by atoms with van der Waals surface area (Å²) in [5.41, 5.74) is 4.29. The number of esters is 1. The van der Waals surface area contributed by atoms with Gasteiger partial charge in [-0.25, -0.2) is 8.42 Å². The number of allylic oxidation sites excluding steroid dienone is 1. The van der Waals surface area contributed by atoms with Crippen LogP contribution in [0.15, 0.2) is 71.8 Å². The first-order valence-corrected chi connectivity index (χ1v) is 12.5. The SMILES string of the molecule is COC(=O)CC1c2ccccc2S(=O)(=O)N1c1ccc(OCc2ccnc3c2C=CCC3)cc1. The number of rotatable bonds is 6. The van der Waals surface area contributed by atoms with Crippen LogP contribution in [0.25, 0.3) is 6.08 Å². The van der Waals surface area contributed by atoms with Gasteiger partial charge in [-0.05, 0) is 60.4 Å². The Labute approximate surface area is 198 Å². The molecule has 1 unspecified atom stereocenters. The van der Waals surface area contributed by atoms with E-state index < -0.39 is 22.0 Å². The summed E-state index contributed by atoms with van der Waals surface area (Å²) in [4.78, 5) is 16.7. The Morgan fingerprint density at radius 2 is 1.91 bits per heavy atom. The molecule has 2 aromatic carbocycles. The summed E-state index contributed by atoms with van der Waals surface area (Å²) in [6.07, 6.45) is 7.87. The third-order valence-electron chi connectivity index (χ3n) is 6.17. The topological polar surface area (TPSA) is 85.8 Å². The van der Waals surface area contributed by atoms with Crippen LogP contribution >= 0.6 is 0 Å². The van der Waals surface area contributed by atoms with Gasteiger partial charge in [-0.3, -0.25) is 14.1 Å². The summed E-state index contributed by atoms with van der Waals surface area (Å²) < 4.78 is 38.8. The maximum Gasteiger partial charge on any atom is 0.307 e. The average Bonchev–Trinajstić information content (AvgIpc) is 3.09. The molecule has 2 heterocycles. The van der Waals surface area contributed by atoms with Crippen molar-refractivity contribution in [2.24, 2.45) is 0 Å². The van der Waals surface area contributed by atoms with E-state index in [0.717, 1.165) is 29.7 Å². The molecular weight excluding hydrogens is 452 g/mol. The molecule has 1 aliphatic carbocycles. The molecule has 0 N–H and O–H groups in total. The fourth-order valence-corrected chi connectivity index (χ4v) is 6.39. The molecule has 0 amide bonds. The van der Waals surface area contributed by atoms with E-state index in [1.165, 1.54) is 11.4 Å². The summed E-state index contributed by atoms with van der Waals surface area (Å²) >= 11 is 0. The summed E-state index contributed by atoms with van der Waals surface area (Å²) in [7, 11) is -2.52. The molecule has 1 aromatic heterocycles. The predicted molar refractivity (Wildman–Crippen MR) is 128 cm³/mol. The fourth-order valence-electron chi connectivity index (χ4n) is 4.51. The van der Waals surface area contributed by atoms with E-state index in [0.29, 0.717) is 23.6 Å². The normalized spacial score (nSPS) is 17.7. The molecule has 5 rings (SSSR count). The molecule has 0 spiro atoms. The lowest BCUT2D eigenvalue weighted by Crippen LogP contribution is -2.29. The van der Waals surface area contributed by atoms with Crippen LogP contribution in [0, 0.1) is 0 Å². The summed E-state index contributed by atoms with van der Waals surface area (Å²) in [5.74, 6) is 0.143. The Morgan fingerprint density at radius 1 is 1.12 bits per heavy atom. The summed E-state index contributed by atoms with van der Waals surface area (Å²) in [6, 6.07) is 14.9. The fraction of sp³-hybridized carbons (Fsp3) is 0.231. The quantitative estimate of drug-likeness (QED) is 0.489. The van der Waals surface area contributed by atoms with E-state index in [-0.39, 0.29) is 11.3 Å². The highest BCUT2D eigenvalue weighted by Gasteiger charge is 2.43. The largest absolute Gasteiger partial charge is 0.489 e. The number of methoxy groups -OCH3 is 1. The first-order chi connectivity index (χ1) is 16.5. The Kier molecular flexibility index (Phi) is 5.83. The number of aromatic nitrogens is 1. The van der Waals surface area contributed by atoms with Crippen molar-refractivity contribution in [2.45, 2.75) is 36.8 Å². The van der Waals surface area contributed by atoms with Crippen LogP contribution in [0.3, 0.4) is 0 Å². The van der Waals surface area contributed by atoms with Crippen molar-refractivity contribution in [3.63, 3.8) is 0 Å². The Balaban J connectivity index is 1.39. The zero-order valence-corrected chi connectivity index (χ0v) is 19.5. The minimum atomic E-state index is -3.81. The van der Waals surface area contributed by atoms with Crippen LogP contribution in [0.4, 0.5) is 5.69 Å². The van der Waals surface area contributed by atoms with E-state index in [1.807, 2.05) is 6.07 Å². The smallest absolute Gasteiger partial charge is 0.307 e. The molecule has 0 radical (unpaired) electrons. The van der Waals surface area contributed by atoms with Crippen LogP contribution < -0.4 is 9.04 Å². The van der Waals surface area contributed by atoms with E-state index in [1.54, 1.807) is 54.7 Å². The van der Waals surface area contributed by atoms with E-state index in [2.05, 4.69) is 17.1 Å². The predicted octanol–water partition coefficient (Wildman–Crippen LogP) is 4.43. The Morgan fingerprint density at radius 3 is 2.71 bits per heavy atom. The highest BCUT2D eigenvalue weighted by Crippen LogP contribution is 2.44. The standard InChI is InChI=1S/C26H24N2O5S/c1-32-26(29)16-24-22-7-3-5-9-25(22)34(30,31)28(24)19-10-12-20(13-11-19)33-17-18-14-15-27-23-8-4-2-6-21(18)23/h2-3,5-7,9-15,24H,4,8,16-17H2,1H3. The van der Waals surface area contributed by atoms with Crippen molar-refractivity contribution in [1.29, 1.82) is 0 Å². The lowest BCUT2D eigenvalue weighted by molar-refractivity contribution is -0.141. The first kappa shape index (κ1) is 22.2. The zero-order chi connectivity index (χ0) is 23.7. The van der Waals surface area contributed by atoms with Crippen LogP contribution in [0.5, 0.6) is 5.75 Å². The average molecular weight is 477 g/mol. The first-order valence-electron chi connectivity index (χ1n) is 11.1. The van der Waals surface area contributed by atoms with Gasteiger partial charge in [0.25, 0.3) is 10.0 Å². The Bertz CT molecular complexity index is 1370. The van der Waals surface area contributed by atoms with Gasteiger partial charge in [-0.1, -0.05) is 30.4 Å². The van der Waals surface area contributed by atoms with Crippen molar-refractivity contribution in [2.75, 3.05) is 11.4 Å². The summed E-state index contributed by atoms with van der Waals surface area (Å²) in [5, 5.41) is 0. The molecule has 0 saturated carbocycles. The second kappa shape index (κ2) is 8.95. The molecule has 3 aromatic rings. The van der Waals surface area contributed by atoms with Crippen molar-refractivity contribution in [3.8, 4) is 5.75 Å². The van der Waals surface area contributed by atoms with Crippen LogP contribution in [0.2, 0.25) is 0 Å². The highest BCUT2D eigenvalue weighted by molar-refractivity contribution is 7.93. The van der Waals surface area contributed by atoms with Gasteiger partial charge >= 0.3 is 5.97 Å². The number of anilines is 1. The van der Waals surface area contributed by atoms with Gasteiger partial charge in [-0.15, -0.1) is 0 Å². The number of ether oxygens (including phenoxy) is 2. The number of pyridine rings is 1. The second-order valence-corrected chi connectivity index (χ2v) is 9.97. The zero-order valence-electron chi connectivity index (χ0n) is 18.7. The van der Waals surface area contributed by atoms with E-state index >= 15 is 0 Å². The number of benzene rings is 2. The number of fused-ring (bicyclic) bond motifs is 2. The van der Waals surface area contributed by atoms with Gasteiger partial charge in [0, 0.05) is 17.5 Å². The minimum absolute atomic E-state index is 0.0777. The van der Waals surface area contributed by atoms with Crippen LogP contribution in [-0.4, -0.2) is 26.5 Å². The number of nitrogens with zero attached hydrogens (tertiary/aromatic N) is 2. The van der Waals surface area contributed by atoms with E-state index in [4.69, 9.17) is 9.47 Å². The number of sulfonamides is 1. The molecule has 0 saturated heterocycles. The van der Waals surface area contributed by atoms with Crippen molar-refractivity contribution >= 4 is 27.8 Å². The molecule has 1 atom stereocenters. The van der Waals surface area contributed by atoms with Crippen LogP contribution in [0.1, 0.15) is 41.3 Å². The molecule has 1 aliphatic heterocycles. The number of aryl methyl sites for hydroxylation is 1. The third kappa shape index (κ3) is 3.94. The highest BCUT2D eigenvalue weighted by atomic mass is 32.2. The molecular formula is C26H24N2O5S. The molecule has 34 heavy (non-hydrogen) atoms.